The number of thiophene rings is 1. The van der Waals surface area contributed by atoms with Crippen LogP contribution in [0.1, 0.15) is 22.2 Å². The van der Waals surface area contributed by atoms with Crippen LogP contribution in [0.5, 0.6) is 0 Å². The van der Waals surface area contributed by atoms with Crippen molar-refractivity contribution in [3.63, 3.8) is 0 Å². The average Bonchev–Trinajstić information content (AvgIpc) is 3.29. The standard InChI is InChI=1S/C23H23N3O4S/c27-21(12-19-5-3-11-31-19)25-17-8-6-16(7-9-17)23(29)20-14-30-15-22(28)26(20)13-18-4-1-2-10-24-18/h1-11,20,23,29H,12-15H2,(H,25,27). The van der Waals surface area contributed by atoms with Crippen LogP contribution in [0.3, 0.4) is 0 Å². The Morgan fingerprint density at radius 2 is 2.06 bits per heavy atom. The number of hydrogen-bond acceptors (Lipinski definition) is 6. The third kappa shape index (κ3) is 5.35. The molecular weight excluding hydrogens is 414 g/mol. The van der Waals surface area contributed by atoms with E-state index in [1.165, 1.54) is 0 Å². The summed E-state index contributed by atoms with van der Waals surface area (Å²) in [5, 5.41) is 15.8. The van der Waals surface area contributed by atoms with Crippen molar-refractivity contribution in [2.45, 2.75) is 25.1 Å². The first-order chi connectivity index (χ1) is 15.1. The number of hydrogen-bond donors (Lipinski definition) is 2. The Hall–Kier alpha value is -3.07. The molecule has 1 aliphatic rings. The molecule has 7 nitrogen and oxygen atoms in total. The summed E-state index contributed by atoms with van der Waals surface area (Å²) in [6.07, 6.45) is 1.08. The van der Waals surface area contributed by atoms with Gasteiger partial charge in [-0.1, -0.05) is 24.3 Å². The minimum absolute atomic E-state index is 0.00867. The molecule has 0 bridgehead atoms. The van der Waals surface area contributed by atoms with E-state index in [4.69, 9.17) is 4.74 Å². The molecule has 0 aliphatic carbocycles. The van der Waals surface area contributed by atoms with Crippen molar-refractivity contribution in [3.8, 4) is 0 Å². The number of amides is 2. The second-order valence-electron chi connectivity index (χ2n) is 7.30. The maximum atomic E-state index is 12.5. The molecule has 160 valence electrons. The van der Waals surface area contributed by atoms with Crippen LogP contribution in [0.4, 0.5) is 5.69 Å². The van der Waals surface area contributed by atoms with Gasteiger partial charge in [-0.2, -0.15) is 0 Å². The molecule has 2 amide bonds. The Morgan fingerprint density at radius 3 is 2.77 bits per heavy atom. The molecule has 0 radical (unpaired) electrons. The van der Waals surface area contributed by atoms with Crippen LogP contribution in [0.15, 0.2) is 66.2 Å². The average molecular weight is 438 g/mol. The number of benzene rings is 1. The lowest BCUT2D eigenvalue weighted by molar-refractivity contribution is -0.155. The molecule has 0 saturated carbocycles. The maximum absolute atomic E-state index is 12.5. The van der Waals surface area contributed by atoms with Gasteiger partial charge in [0.2, 0.25) is 11.8 Å². The zero-order valence-electron chi connectivity index (χ0n) is 16.8. The Morgan fingerprint density at radius 1 is 1.23 bits per heavy atom. The molecule has 2 unspecified atom stereocenters. The highest BCUT2D eigenvalue weighted by Gasteiger charge is 2.34. The Balaban J connectivity index is 1.42. The summed E-state index contributed by atoms with van der Waals surface area (Å²) in [5.41, 5.74) is 2.04. The molecule has 1 aromatic carbocycles. The first kappa shape index (κ1) is 21.2. The molecular formula is C23H23N3O4S. The third-order valence-electron chi connectivity index (χ3n) is 5.11. The molecule has 1 fully saturated rings. The number of carbonyl (C=O) groups excluding carboxylic acids is 2. The first-order valence-corrected chi connectivity index (χ1v) is 10.9. The first-order valence-electron chi connectivity index (χ1n) is 9.97. The van der Waals surface area contributed by atoms with Gasteiger partial charge in [0, 0.05) is 16.8 Å². The van der Waals surface area contributed by atoms with Gasteiger partial charge in [-0.3, -0.25) is 14.6 Å². The number of pyridine rings is 1. The largest absolute Gasteiger partial charge is 0.386 e. The lowest BCUT2D eigenvalue weighted by Crippen LogP contribution is -2.51. The summed E-state index contributed by atoms with van der Waals surface area (Å²) < 4.78 is 5.40. The fourth-order valence-electron chi connectivity index (χ4n) is 3.52. The van der Waals surface area contributed by atoms with Crippen LogP contribution in [-0.4, -0.2) is 46.1 Å². The Kier molecular flexibility index (Phi) is 6.71. The van der Waals surface area contributed by atoms with Crippen molar-refractivity contribution < 1.29 is 19.4 Å². The highest BCUT2D eigenvalue weighted by atomic mass is 32.1. The second kappa shape index (κ2) is 9.82. The van der Waals surface area contributed by atoms with Crippen LogP contribution in [0, 0.1) is 0 Å². The Labute approximate surface area is 184 Å². The van der Waals surface area contributed by atoms with E-state index in [9.17, 15) is 14.7 Å². The lowest BCUT2D eigenvalue weighted by Gasteiger charge is -2.38. The summed E-state index contributed by atoms with van der Waals surface area (Å²) in [6.45, 7) is 0.534. The van der Waals surface area contributed by atoms with E-state index in [0.717, 1.165) is 10.6 Å². The quantitative estimate of drug-likeness (QED) is 0.593. The van der Waals surface area contributed by atoms with Gasteiger partial charge in [0.1, 0.15) is 12.7 Å². The van der Waals surface area contributed by atoms with Gasteiger partial charge in [0.15, 0.2) is 0 Å². The molecule has 8 heteroatoms. The fourth-order valence-corrected chi connectivity index (χ4v) is 4.22. The second-order valence-corrected chi connectivity index (χ2v) is 8.33. The molecule has 3 heterocycles. The predicted octanol–water partition coefficient (Wildman–Crippen LogP) is 2.79. The summed E-state index contributed by atoms with van der Waals surface area (Å²) in [5.74, 6) is -0.276. The molecule has 2 N–H and O–H groups in total. The van der Waals surface area contributed by atoms with Gasteiger partial charge in [-0.05, 0) is 41.3 Å². The number of anilines is 1. The SMILES string of the molecule is O=C(Cc1cccs1)Nc1ccc(C(O)C2COCC(=O)N2Cc2ccccn2)cc1. The van der Waals surface area contributed by atoms with Crippen molar-refractivity contribution in [1.29, 1.82) is 0 Å². The minimum Gasteiger partial charge on any atom is -0.386 e. The smallest absolute Gasteiger partial charge is 0.249 e. The number of ether oxygens (including phenoxy) is 1. The van der Waals surface area contributed by atoms with E-state index in [-0.39, 0.29) is 25.0 Å². The summed E-state index contributed by atoms with van der Waals surface area (Å²) in [6, 6.07) is 15.9. The fraction of sp³-hybridized carbons (Fsp3) is 0.261. The normalized spacial score (nSPS) is 17.4. The topological polar surface area (TPSA) is 91.8 Å². The summed E-state index contributed by atoms with van der Waals surface area (Å²) in [7, 11) is 0. The number of carbonyl (C=O) groups is 2. The molecule has 2 atom stereocenters. The maximum Gasteiger partial charge on any atom is 0.249 e. The lowest BCUT2D eigenvalue weighted by atomic mass is 9.99. The van der Waals surface area contributed by atoms with E-state index in [1.54, 1.807) is 46.7 Å². The molecule has 3 aromatic rings. The number of nitrogens with one attached hydrogen (secondary N) is 1. The summed E-state index contributed by atoms with van der Waals surface area (Å²) in [4.78, 5) is 31.5. The van der Waals surface area contributed by atoms with Gasteiger partial charge in [0.25, 0.3) is 0 Å². The highest BCUT2D eigenvalue weighted by molar-refractivity contribution is 7.10. The monoisotopic (exact) mass is 437 g/mol. The van der Waals surface area contributed by atoms with E-state index in [2.05, 4.69) is 10.3 Å². The number of aliphatic hydroxyl groups excluding tert-OH is 1. The summed E-state index contributed by atoms with van der Waals surface area (Å²) >= 11 is 1.54. The number of nitrogens with zero attached hydrogens (tertiary/aromatic N) is 2. The molecule has 1 aliphatic heterocycles. The van der Waals surface area contributed by atoms with E-state index >= 15 is 0 Å². The van der Waals surface area contributed by atoms with Crippen molar-refractivity contribution >= 4 is 28.8 Å². The van der Waals surface area contributed by atoms with Gasteiger partial charge < -0.3 is 20.1 Å². The number of rotatable bonds is 7. The van der Waals surface area contributed by atoms with Crippen molar-refractivity contribution in [2.24, 2.45) is 0 Å². The molecule has 2 aromatic heterocycles. The number of aliphatic hydroxyl groups is 1. The zero-order chi connectivity index (χ0) is 21.6. The van der Waals surface area contributed by atoms with Gasteiger partial charge >= 0.3 is 0 Å². The Bertz CT molecular complexity index is 1010. The van der Waals surface area contributed by atoms with Crippen LogP contribution in [0.2, 0.25) is 0 Å². The van der Waals surface area contributed by atoms with Crippen LogP contribution in [-0.2, 0) is 27.3 Å². The minimum atomic E-state index is -0.927. The zero-order valence-corrected chi connectivity index (χ0v) is 17.6. The molecule has 1 saturated heterocycles. The van der Waals surface area contributed by atoms with Gasteiger partial charge in [-0.25, -0.2) is 0 Å². The van der Waals surface area contributed by atoms with Gasteiger partial charge in [0.05, 0.1) is 31.3 Å². The van der Waals surface area contributed by atoms with Crippen LogP contribution >= 0.6 is 11.3 Å². The van der Waals surface area contributed by atoms with Crippen LogP contribution in [0.25, 0.3) is 0 Å². The molecule has 0 spiro atoms. The predicted molar refractivity (Wildman–Crippen MR) is 117 cm³/mol. The van der Waals surface area contributed by atoms with E-state index in [0.29, 0.717) is 24.2 Å². The van der Waals surface area contributed by atoms with E-state index < -0.39 is 12.1 Å². The van der Waals surface area contributed by atoms with Crippen molar-refractivity contribution in [3.05, 3.63) is 82.3 Å². The molecule has 4 rings (SSSR count). The van der Waals surface area contributed by atoms with Gasteiger partial charge in [-0.15, -0.1) is 11.3 Å². The van der Waals surface area contributed by atoms with E-state index in [1.807, 2.05) is 35.7 Å². The van der Waals surface area contributed by atoms with Crippen molar-refractivity contribution in [2.75, 3.05) is 18.5 Å². The van der Waals surface area contributed by atoms with Crippen LogP contribution < -0.4 is 5.32 Å². The highest BCUT2D eigenvalue weighted by Crippen LogP contribution is 2.26. The number of morpholine rings is 1. The number of aromatic nitrogens is 1. The molecule has 31 heavy (non-hydrogen) atoms. The van der Waals surface area contributed by atoms with Crippen molar-refractivity contribution in [1.82, 2.24) is 9.88 Å². The third-order valence-corrected chi connectivity index (χ3v) is 5.99.